The molecule has 0 spiro atoms. The Morgan fingerprint density at radius 2 is 1.27 bits per heavy atom. The van der Waals surface area contributed by atoms with Crippen molar-refractivity contribution in [3.05, 3.63) is 63.5 Å². The minimum atomic E-state index is -1.83. The number of piperidine rings is 1. The molecule has 0 aromatic heterocycles. The molecule has 2 aromatic rings. The Hall–Kier alpha value is -4.37. The maximum atomic E-state index is 14.1. The summed E-state index contributed by atoms with van der Waals surface area (Å²) in [6.07, 6.45) is 6.62. The quantitative estimate of drug-likeness (QED) is 0.0957. The summed E-state index contributed by atoms with van der Waals surface area (Å²) < 4.78 is 74.9. The third kappa shape index (κ3) is 13.9. The first-order chi connectivity index (χ1) is 22.7. The van der Waals surface area contributed by atoms with Gasteiger partial charge >= 0.3 is 17.9 Å². The van der Waals surface area contributed by atoms with Crippen LogP contribution in [0.15, 0.2) is 24.3 Å². The van der Waals surface area contributed by atoms with Gasteiger partial charge in [0.2, 0.25) is 11.6 Å². The number of alkyl carbamates (subject to hydrolysis) is 2. The van der Waals surface area contributed by atoms with Crippen molar-refractivity contribution in [2.45, 2.75) is 110 Å². The zero-order chi connectivity index (χ0) is 37.1. The molecule has 274 valence electrons. The van der Waals surface area contributed by atoms with Gasteiger partial charge in [-0.25, -0.2) is 27.2 Å². The molecule has 4 N–H and O–H groups in total. The average Bonchev–Trinajstić information content (AvgIpc) is 2.97. The summed E-state index contributed by atoms with van der Waals surface area (Å²) in [7, 11) is 0. The molecule has 0 unspecified atom stereocenters. The van der Waals surface area contributed by atoms with Crippen molar-refractivity contribution in [2.75, 3.05) is 23.7 Å². The highest BCUT2D eigenvalue weighted by Crippen LogP contribution is 2.31. The first kappa shape index (κ1) is 40.8. The summed E-state index contributed by atoms with van der Waals surface area (Å²) >= 11 is 0. The van der Waals surface area contributed by atoms with E-state index in [0.717, 1.165) is 31.7 Å². The van der Waals surface area contributed by atoms with E-state index in [4.69, 9.17) is 15.2 Å². The van der Waals surface area contributed by atoms with Crippen molar-refractivity contribution in [1.29, 1.82) is 0 Å². The fourth-order valence-electron chi connectivity index (χ4n) is 5.03. The van der Waals surface area contributed by atoms with Gasteiger partial charge in [-0.15, -0.1) is 0 Å². The third-order valence-electron chi connectivity index (χ3n) is 7.10. The lowest BCUT2D eigenvalue weighted by molar-refractivity contribution is -0.387. The molecule has 2 aliphatic rings. The van der Waals surface area contributed by atoms with Gasteiger partial charge < -0.3 is 30.7 Å². The second-order valence-electron chi connectivity index (χ2n) is 13.7. The van der Waals surface area contributed by atoms with E-state index in [2.05, 4.69) is 10.6 Å². The van der Waals surface area contributed by atoms with Gasteiger partial charge in [0.1, 0.15) is 11.2 Å². The van der Waals surface area contributed by atoms with Crippen LogP contribution in [0.1, 0.15) is 86.5 Å². The van der Waals surface area contributed by atoms with Crippen LogP contribution in [0.25, 0.3) is 0 Å². The lowest BCUT2D eigenvalue weighted by Crippen LogP contribution is -2.49. The lowest BCUT2D eigenvalue weighted by atomic mass is 9.96. The van der Waals surface area contributed by atoms with Crippen molar-refractivity contribution < 1.29 is 45.9 Å². The number of carbonyl (C=O) groups excluding carboxylic acids is 2. The summed E-state index contributed by atoms with van der Waals surface area (Å²) in [6, 6.07) is 3.54. The molecule has 2 amide bonds. The predicted octanol–water partition coefficient (Wildman–Crippen LogP) is 7.90. The summed E-state index contributed by atoms with van der Waals surface area (Å²) in [5.41, 5.74) is 3.98. The van der Waals surface area contributed by atoms with E-state index in [1.54, 1.807) is 25.7 Å². The molecular weight excluding hydrogens is 657 g/mol. The first-order valence-electron chi connectivity index (χ1n) is 15.9. The highest BCUT2D eigenvalue weighted by atomic mass is 19.2. The van der Waals surface area contributed by atoms with Crippen LogP contribution in [0, 0.1) is 39.2 Å². The van der Waals surface area contributed by atoms with Gasteiger partial charge in [-0.05, 0) is 85.4 Å². The molecule has 16 heteroatoms. The van der Waals surface area contributed by atoms with Gasteiger partial charge in [-0.2, -0.15) is 4.39 Å². The monoisotopic (exact) mass is 703 g/mol. The summed E-state index contributed by atoms with van der Waals surface area (Å²) in [4.78, 5) is 33.7. The Balaban J connectivity index is 0.000000275. The number of nitrogens with zero attached hydrogens (tertiary/aromatic N) is 2. The summed E-state index contributed by atoms with van der Waals surface area (Å²) in [5, 5.41) is 15.6. The molecule has 0 bridgehead atoms. The Morgan fingerprint density at radius 1 is 0.776 bits per heavy atom. The first-order valence-corrected chi connectivity index (χ1v) is 15.9. The molecule has 1 heterocycles. The maximum Gasteiger partial charge on any atom is 0.407 e. The molecular formula is C33H46F5N5O6. The number of nitrogens with two attached hydrogens (primary N) is 1. The van der Waals surface area contributed by atoms with Crippen LogP contribution in [0.3, 0.4) is 0 Å². The van der Waals surface area contributed by atoms with Gasteiger partial charge in [-0.1, -0.05) is 19.3 Å². The van der Waals surface area contributed by atoms with Crippen LogP contribution >= 0.6 is 0 Å². The number of ether oxygens (including phenoxy) is 2. The van der Waals surface area contributed by atoms with Gasteiger partial charge in [0, 0.05) is 31.2 Å². The second kappa shape index (κ2) is 17.9. The number of nitrogen functional groups attached to an aromatic ring is 1. The van der Waals surface area contributed by atoms with E-state index >= 15 is 0 Å². The third-order valence-corrected chi connectivity index (χ3v) is 7.10. The van der Waals surface area contributed by atoms with E-state index in [0.29, 0.717) is 31.3 Å². The van der Waals surface area contributed by atoms with Crippen LogP contribution < -0.4 is 21.3 Å². The van der Waals surface area contributed by atoms with Crippen LogP contribution in [-0.4, -0.2) is 53.5 Å². The molecule has 2 fully saturated rings. The van der Waals surface area contributed by atoms with E-state index in [-0.39, 0.29) is 23.5 Å². The van der Waals surface area contributed by atoms with Crippen LogP contribution in [-0.2, 0) is 9.47 Å². The van der Waals surface area contributed by atoms with Crippen molar-refractivity contribution in [3.63, 3.8) is 0 Å². The molecule has 1 aliphatic carbocycles. The number of anilines is 2. The molecule has 4 rings (SSSR count). The smallest absolute Gasteiger partial charge is 0.407 e. The van der Waals surface area contributed by atoms with Gasteiger partial charge in [0.15, 0.2) is 17.5 Å². The van der Waals surface area contributed by atoms with Crippen LogP contribution in [0.2, 0.25) is 0 Å². The van der Waals surface area contributed by atoms with Crippen molar-refractivity contribution in [1.82, 2.24) is 10.6 Å². The molecule has 1 atom stereocenters. The highest BCUT2D eigenvalue weighted by molar-refractivity contribution is 5.70. The average molecular weight is 704 g/mol. The largest absolute Gasteiger partial charge is 0.444 e. The Labute approximate surface area is 282 Å². The fourth-order valence-corrected chi connectivity index (χ4v) is 5.03. The number of nitro benzene ring substituents is 1. The molecule has 49 heavy (non-hydrogen) atoms. The number of hydrogen-bond donors (Lipinski definition) is 3. The number of hydrogen-bond acceptors (Lipinski definition) is 8. The molecule has 0 radical (unpaired) electrons. The van der Waals surface area contributed by atoms with E-state index < -0.39 is 57.0 Å². The van der Waals surface area contributed by atoms with E-state index in [9.17, 15) is 41.7 Å². The normalized spacial score (nSPS) is 16.6. The zero-order valence-corrected chi connectivity index (χ0v) is 28.6. The van der Waals surface area contributed by atoms with Gasteiger partial charge in [0.25, 0.3) is 0 Å². The lowest BCUT2D eigenvalue weighted by Gasteiger charge is -2.35. The molecule has 1 saturated heterocycles. The van der Waals surface area contributed by atoms with Crippen molar-refractivity contribution in [2.24, 2.45) is 0 Å². The summed E-state index contributed by atoms with van der Waals surface area (Å²) in [5.74, 6) is -6.94. The molecule has 1 saturated carbocycles. The molecule has 1 aliphatic heterocycles. The van der Waals surface area contributed by atoms with Crippen LogP contribution in [0.5, 0.6) is 0 Å². The predicted molar refractivity (Wildman–Crippen MR) is 175 cm³/mol. The van der Waals surface area contributed by atoms with E-state index in [1.165, 1.54) is 25.3 Å². The number of nitro groups is 1. The number of benzene rings is 2. The fraction of sp³-hybridized carbons (Fsp3) is 0.576. The van der Waals surface area contributed by atoms with Gasteiger partial charge in [-0.3, -0.25) is 10.1 Å². The number of nitrogens with one attached hydrogen (secondary N) is 2. The van der Waals surface area contributed by atoms with Crippen molar-refractivity contribution >= 4 is 29.2 Å². The van der Waals surface area contributed by atoms with E-state index in [1.807, 2.05) is 20.8 Å². The summed E-state index contributed by atoms with van der Waals surface area (Å²) in [6.45, 7) is 11.9. The standard InChI is InChI=1S/C16H23F2N3O2.C11H21NO2.C6H2F3NO2/c1-16(2,3)23-15(22)20-10-5-4-8-21(9-10)14-12(19)7-6-11(17)13(14)18;1-11(2,3)14-10(13)12-9-7-5-4-6-8-9;7-3-1-2-4(10(11)12)6(9)5(3)8/h6-7,10H,4-5,8-9,19H2,1-3H3,(H,20,22);9H,4-8H2,1-3H3,(H,12,13);1-2H/t10-;;/m1../s1. The minimum absolute atomic E-state index is 0.0562. The topological polar surface area (TPSA) is 149 Å². The number of rotatable bonds is 4. The maximum absolute atomic E-state index is 14.1. The Bertz CT molecular complexity index is 1440. The number of amides is 2. The zero-order valence-electron chi connectivity index (χ0n) is 28.6. The Kier molecular flexibility index (Phi) is 14.9. The second-order valence-corrected chi connectivity index (χ2v) is 13.7. The number of halogens is 5. The minimum Gasteiger partial charge on any atom is -0.444 e. The Morgan fingerprint density at radius 3 is 1.80 bits per heavy atom. The molecule has 11 nitrogen and oxygen atoms in total. The van der Waals surface area contributed by atoms with Crippen LogP contribution in [0.4, 0.5) is 48.6 Å². The molecule has 2 aromatic carbocycles. The highest BCUT2D eigenvalue weighted by Gasteiger charge is 2.28. The van der Waals surface area contributed by atoms with Gasteiger partial charge in [0.05, 0.1) is 16.3 Å². The number of carbonyl (C=O) groups is 2. The van der Waals surface area contributed by atoms with Crippen molar-refractivity contribution in [3.8, 4) is 0 Å². The SMILES string of the molecule is CC(C)(C)OC(=O)NC1CCCCC1.CC(C)(C)OC(=O)N[C@@H]1CCCN(c2c(N)ccc(F)c2F)C1.O=[N+]([O-])c1ccc(F)c(F)c1F.